The predicted octanol–water partition coefficient (Wildman–Crippen LogP) is 0.539. The van der Waals surface area contributed by atoms with Crippen LogP contribution in [0.15, 0.2) is 6.20 Å². The summed E-state index contributed by atoms with van der Waals surface area (Å²) < 4.78 is 0. The van der Waals surface area contributed by atoms with Gasteiger partial charge in [0, 0.05) is 41.4 Å². The van der Waals surface area contributed by atoms with E-state index in [-0.39, 0.29) is 37.7 Å². The fourth-order valence-corrected chi connectivity index (χ4v) is 2.60. The zero-order valence-electron chi connectivity index (χ0n) is 13.2. The Balaban J connectivity index is 2.62. The molecule has 124 valence electrons. The second-order valence-corrected chi connectivity index (χ2v) is 5.34. The lowest BCUT2D eigenvalue weighted by molar-refractivity contribution is 0.276. The summed E-state index contributed by atoms with van der Waals surface area (Å²) in [6, 6.07) is 0. The molecule has 0 spiro atoms. The van der Waals surface area contributed by atoms with Gasteiger partial charge in [-0.05, 0) is 13.8 Å². The highest BCUT2D eigenvalue weighted by molar-refractivity contribution is 5.48. The fourth-order valence-electron chi connectivity index (χ4n) is 2.60. The van der Waals surface area contributed by atoms with Gasteiger partial charge in [0.2, 0.25) is 0 Å². The molecule has 2 heterocycles. The van der Waals surface area contributed by atoms with Crippen LogP contribution in [0.1, 0.15) is 39.3 Å². The van der Waals surface area contributed by atoms with Crippen LogP contribution < -0.4 is 5.73 Å². The van der Waals surface area contributed by atoms with E-state index < -0.39 is 0 Å². The maximum Gasteiger partial charge on any atom is 0.141 e. The normalized spacial score (nSPS) is 11.0. The number of aryl methyl sites for hydroxylation is 2. The molecule has 0 aliphatic rings. The molecular formula is C16H21N3O4. The first-order chi connectivity index (χ1) is 10.9. The van der Waals surface area contributed by atoms with E-state index in [0.717, 1.165) is 0 Å². The minimum atomic E-state index is -0.331. The number of nitrogens with two attached hydrogens (primary N) is 1. The molecular weight excluding hydrogens is 298 g/mol. The van der Waals surface area contributed by atoms with Crippen molar-refractivity contribution in [1.29, 1.82) is 0 Å². The number of pyridine rings is 2. The molecule has 2 aromatic heterocycles. The Morgan fingerprint density at radius 2 is 1.61 bits per heavy atom. The summed E-state index contributed by atoms with van der Waals surface area (Å²) in [7, 11) is 0. The molecule has 0 saturated carbocycles. The number of hydrogen-bond acceptors (Lipinski definition) is 7. The summed E-state index contributed by atoms with van der Waals surface area (Å²) in [5, 5.41) is 39.4. The molecule has 0 atom stereocenters. The first-order valence-electron chi connectivity index (χ1n) is 7.22. The average molecular weight is 319 g/mol. The molecule has 0 unspecified atom stereocenters. The zero-order chi connectivity index (χ0) is 17.1. The van der Waals surface area contributed by atoms with E-state index in [4.69, 9.17) is 5.73 Å². The third-order valence-electron chi connectivity index (χ3n) is 3.95. The summed E-state index contributed by atoms with van der Waals surface area (Å²) >= 11 is 0. The van der Waals surface area contributed by atoms with Crippen LogP contribution in [0, 0.1) is 13.8 Å². The van der Waals surface area contributed by atoms with Crippen molar-refractivity contribution >= 4 is 0 Å². The quantitative estimate of drug-likeness (QED) is 0.543. The van der Waals surface area contributed by atoms with Crippen molar-refractivity contribution in [2.24, 2.45) is 5.73 Å². The molecule has 0 aliphatic carbocycles. The van der Waals surface area contributed by atoms with E-state index in [9.17, 15) is 20.4 Å². The van der Waals surface area contributed by atoms with Crippen molar-refractivity contribution in [3.05, 3.63) is 45.5 Å². The smallest absolute Gasteiger partial charge is 0.141 e. The highest BCUT2D eigenvalue weighted by Crippen LogP contribution is 2.31. The van der Waals surface area contributed by atoms with Gasteiger partial charge in [0.15, 0.2) is 0 Å². The van der Waals surface area contributed by atoms with Gasteiger partial charge in [0.05, 0.1) is 30.3 Å². The molecule has 0 aliphatic heterocycles. The summed E-state index contributed by atoms with van der Waals surface area (Å²) in [6.07, 6.45) is 1.69. The van der Waals surface area contributed by atoms with Crippen molar-refractivity contribution in [3.8, 4) is 11.5 Å². The molecule has 2 rings (SSSR count). The first kappa shape index (κ1) is 17.1. The van der Waals surface area contributed by atoms with Gasteiger partial charge in [-0.15, -0.1) is 0 Å². The molecule has 6 N–H and O–H groups in total. The topological polar surface area (TPSA) is 133 Å². The van der Waals surface area contributed by atoms with Gasteiger partial charge in [-0.25, -0.2) is 0 Å². The Hall–Kier alpha value is -2.22. The van der Waals surface area contributed by atoms with E-state index in [1.165, 1.54) is 6.20 Å². The number of aliphatic hydroxyl groups is 2. The number of nitrogens with zero attached hydrogens (tertiary/aromatic N) is 2. The van der Waals surface area contributed by atoms with E-state index in [2.05, 4.69) is 9.97 Å². The Kier molecular flexibility index (Phi) is 5.15. The monoisotopic (exact) mass is 319 g/mol. The van der Waals surface area contributed by atoms with E-state index >= 15 is 0 Å². The molecule has 2 aromatic rings. The fraction of sp³-hybridized carbons (Fsp3) is 0.375. The molecule has 7 nitrogen and oxygen atoms in total. The van der Waals surface area contributed by atoms with Crippen LogP contribution in [-0.4, -0.2) is 30.4 Å². The standard InChI is InChI=1S/C16H21N3O4/c1-8-15(22)11(10(6-20)5-18-8)3-14-13(7-21)12(4-17)16(23)9(2)19-14/h5,20-23H,3-4,6-7,17H2,1-2H3. The Morgan fingerprint density at radius 1 is 0.957 bits per heavy atom. The van der Waals surface area contributed by atoms with Crippen molar-refractivity contribution < 1.29 is 20.4 Å². The molecule has 0 radical (unpaired) electrons. The van der Waals surface area contributed by atoms with Crippen LogP contribution in [0.3, 0.4) is 0 Å². The Labute approximate surface area is 134 Å². The van der Waals surface area contributed by atoms with Gasteiger partial charge in [-0.2, -0.15) is 0 Å². The van der Waals surface area contributed by atoms with Gasteiger partial charge in [-0.1, -0.05) is 0 Å². The first-order valence-corrected chi connectivity index (χ1v) is 7.22. The summed E-state index contributed by atoms with van der Waals surface area (Å²) in [5.41, 5.74) is 8.86. The second-order valence-electron chi connectivity index (χ2n) is 5.34. The van der Waals surface area contributed by atoms with Crippen LogP contribution in [-0.2, 0) is 26.2 Å². The van der Waals surface area contributed by atoms with Crippen molar-refractivity contribution in [1.82, 2.24) is 9.97 Å². The van der Waals surface area contributed by atoms with Crippen LogP contribution in [0.25, 0.3) is 0 Å². The maximum absolute atomic E-state index is 10.2. The van der Waals surface area contributed by atoms with Gasteiger partial charge < -0.3 is 26.2 Å². The van der Waals surface area contributed by atoms with Crippen molar-refractivity contribution in [3.63, 3.8) is 0 Å². The van der Waals surface area contributed by atoms with Gasteiger partial charge in [-0.3, -0.25) is 9.97 Å². The van der Waals surface area contributed by atoms with Crippen LogP contribution in [0.5, 0.6) is 11.5 Å². The van der Waals surface area contributed by atoms with Crippen LogP contribution in [0.4, 0.5) is 0 Å². The highest BCUT2D eigenvalue weighted by atomic mass is 16.3. The number of hydrogen-bond donors (Lipinski definition) is 5. The SMILES string of the molecule is Cc1ncc(CO)c(Cc2nc(C)c(O)c(CN)c2CO)c1O. The minimum absolute atomic E-state index is 0.0118. The number of rotatable bonds is 5. The second kappa shape index (κ2) is 6.91. The van der Waals surface area contributed by atoms with Gasteiger partial charge >= 0.3 is 0 Å². The number of aliphatic hydroxyl groups excluding tert-OH is 2. The van der Waals surface area contributed by atoms with Crippen LogP contribution in [0.2, 0.25) is 0 Å². The summed E-state index contributed by atoms with van der Waals surface area (Å²) in [6.45, 7) is 2.76. The predicted molar refractivity (Wildman–Crippen MR) is 83.8 cm³/mol. The third kappa shape index (κ3) is 3.12. The molecule has 0 bridgehead atoms. The van der Waals surface area contributed by atoms with Gasteiger partial charge in [0.25, 0.3) is 0 Å². The average Bonchev–Trinajstić information content (AvgIpc) is 2.54. The lowest BCUT2D eigenvalue weighted by Gasteiger charge is -2.17. The Bertz CT molecular complexity index is 732. The number of aromatic hydroxyl groups is 2. The molecule has 0 saturated heterocycles. The van der Waals surface area contributed by atoms with Gasteiger partial charge in [0.1, 0.15) is 11.5 Å². The third-order valence-corrected chi connectivity index (χ3v) is 3.95. The molecule has 0 aromatic carbocycles. The molecule has 0 fully saturated rings. The highest BCUT2D eigenvalue weighted by Gasteiger charge is 2.19. The lowest BCUT2D eigenvalue weighted by Crippen LogP contribution is -2.11. The van der Waals surface area contributed by atoms with Crippen LogP contribution >= 0.6 is 0 Å². The van der Waals surface area contributed by atoms with E-state index in [1.807, 2.05) is 0 Å². The van der Waals surface area contributed by atoms with Crippen molar-refractivity contribution in [2.75, 3.05) is 0 Å². The molecule has 0 amide bonds. The minimum Gasteiger partial charge on any atom is -0.506 e. The molecule has 7 heteroatoms. The largest absolute Gasteiger partial charge is 0.506 e. The summed E-state index contributed by atoms with van der Waals surface area (Å²) in [4.78, 5) is 8.33. The Morgan fingerprint density at radius 3 is 2.17 bits per heavy atom. The van der Waals surface area contributed by atoms with E-state index in [0.29, 0.717) is 39.3 Å². The number of aromatic nitrogens is 2. The zero-order valence-corrected chi connectivity index (χ0v) is 13.2. The lowest BCUT2D eigenvalue weighted by atomic mass is 9.96. The summed E-state index contributed by atoms with van der Waals surface area (Å²) in [5.74, 6) is -0.0416. The maximum atomic E-state index is 10.2. The molecule has 23 heavy (non-hydrogen) atoms. The van der Waals surface area contributed by atoms with E-state index in [1.54, 1.807) is 13.8 Å². The van der Waals surface area contributed by atoms with Crippen molar-refractivity contribution in [2.45, 2.75) is 40.0 Å².